The minimum absolute atomic E-state index is 0. The van der Waals surface area contributed by atoms with Crippen molar-refractivity contribution in [3.8, 4) is 0 Å². The Morgan fingerprint density at radius 1 is 1.16 bits per heavy atom. The molecule has 4 heteroatoms. The Bertz CT molecular complexity index is 691. The standard InChI is InChI=1S/C16H21Si.C5H5.2ClH.Ti/c1-2-3-11-17(12-6-13-17)16-10-9-14-7-4-5-8-15(14)16;1-2-4-5-3-1;;;/h4-5,7-10H,2-3,6,11-13H2,1H3;1-3H,4H2;2*1H;/q;;;;+2/p-2. The van der Waals surface area contributed by atoms with Crippen molar-refractivity contribution in [2.24, 2.45) is 0 Å². The maximum absolute atomic E-state index is 2.71. The van der Waals surface area contributed by atoms with Crippen molar-refractivity contribution in [3.63, 3.8) is 0 Å². The van der Waals surface area contributed by atoms with Crippen LogP contribution in [-0.4, -0.2) is 8.07 Å². The van der Waals surface area contributed by atoms with Gasteiger partial charge in [-0.25, -0.2) is 0 Å². The molecule has 2 aliphatic carbocycles. The van der Waals surface area contributed by atoms with E-state index in [2.05, 4.69) is 61.6 Å². The molecule has 0 nitrogen and oxygen atoms in total. The van der Waals surface area contributed by atoms with Crippen LogP contribution in [0.1, 0.15) is 43.7 Å². The molecule has 0 radical (unpaired) electrons. The number of rotatable bonds is 6. The van der Waals surface area contributed by atoms with E-state index in [9.17, 15) is 0 Å². The van der Waals surface area contributed by atoms with Crippen LogP contribution in [0.3, 0.4) is 0 Å². The maximum Gasteiger partial charge on any atom is -1.00 e. The summed E-state index contributed by atoms with van der Waals surface area (Å²) in [5.74, 6) is 0. The average Bonchev–Trinajstić information content (AvgIpc) is 3.16. The molecule has 0 saturated carbocycles. The molecule has 132 valence electrons. The summed E-state index contributed by atoms with van der Waals surface area (Å²) in [6, 6.07) is 14.0. The SMILES string of the molecule is CCCC[Si]1([C]2([Ti+2][C]3=CC=CC3)C=Cc3ccccc32)CCC1.[Cl-].[Cl-]. The molecule has 25 heavy (non-hydrogen) atoms. The fourth-order valence-electron chi connectivity index (χ4n) is 4.76. The first-order chi connectivity index (χ1) is 11.3. The van der Waals surface area contributed by atoms with Crippen molar-refractivity contribution in [1.29, 1.82) is 0 Å². The molecule has 0 spiro atoms. The second-order valence-electron chi connectivity index (χ2n) is 7.42. The van der Waals surface area contributed by atoms with Gasteiger partial charge in [0.15, 0.2) is 0 Å². The number of hydrogen-bond donors (Lipinski definition) is 0. The van der Waals surface area contributed by atoms with Crippen LogP contribution in [-0.2, 0) is 22.5 Å². The van der Waals surface area contributed by atoms with Gasteiger partial charge in [-0.15, -0.1) is 0 Å². The van der Waals surface area contributed by atoms with Gasteiger partial charge in [0.05, 0.1) is 0 Å². The minimum atomic E-state index is -1.20. The number of allylic oxidation sites excluding steroid dienone is 5. The average molecular weight is 425 g/mol. The Balaban J connectivity index is 0.00000113. The third kappa shape index (κ3) is 3.56. The molecule has 1 aromatic rings. The summed E-state index contributed by atoms with van der Waals surface area (Å²) in [6.45, 7) is 2.37. The van der Waals surface area contributed by atoms with E-state index in [0.29, 0.717) is 3.34 Å². The quantitative estimate of drug-likeness (QED) is 0.565. The molecular weight excluding hydrogens is 399 g/mol. The molecule has 1 saturated heterocycles. The second-order valence-corrected chi connectivity index (χ2v) is 15.7. The van der Waals surface area contributed by atoms with E-state index in [-0.39, 0.29) is 44.0 Å². The van der Waals surface area contributed by atoms with Crippen LogP contribution in [0.5, 0.6) is 0 Å². The van der Waals surface area contributed by atoms with Crippen LogP contribution in [0.2, 0.25) is 18.1 Å². The molecule has 0 N–H and O–H groups in total. The Morgan fingerprint density at radius 3 is 2.60 bits per heavy atom. The van der Waals surface area contributed by atoms with E-state index in [1.807, 2.05) is 0 Å². The first kappa shape index (κ1) is 21.3. The smallest absolute Gasteiger partial charge is 1.00 e. The molecule has 1 unspecified atom stereocenters. The van der Waals surface area contributed by atoms with Crippen LogP contribution in [0.15, 0.2) is 52.4 Å². The fourth-order valence-corrected chi connectivity index (χ4v) is 16.1. The first-order valence-corrected chi connectivity index (χ1v) is 13.4. The Kier molecular flexibility index (Phi) is 7.45. The zero-order valence-corrected chi connectivity index (χ0v) is 19.0. The van der Waals surface area contributed by atoms with Crippen molar-refractivity contribution >= 4 is 14.1 Å². The molecule has 0 bridgehead atoms. The number of fused-ring (bicyclic) bond motifs is 1. The van der Waals surface area contributed by atoms with Gasteiger partial charge in [0.2, 0.25) is 0 Å². The van der Waals surface area contributed by atoms with E-state index in [1.165, 1.54) is 31.2 Å². The monoisotopic (exact) mass is 424 g/mol. The van der Waals surface area contributed by atoms with E-state index in [0.717, 1.165) is 0 Å². The molecule has 0 amide bonds. The van der Waals surface area contributed by atoms with Gasteiger partial charge in [0, 0.05) is 0 Å². The molecule has 1 heterocycles. The van der Waals surface area contributed by atoms with Gasteiger partial charge >= 0.3 is 151 Å². The van der Waals surface area contributed by atoms with Gasteiger partial charge in [-0.1, -0.05) is 0 Å². The van der Waals surface area contributed by atoms with Crippen LogP contribution in [0, 0.1) is 0 Å². The van der Waals surface area contributed by atoms with Gasteiger partial charge in [-0.3, -0.25) is 0 Å². The molecular formula is C21H26Cl2SiTi. The summed E-state index contributed by atoms with van der Waals surface area (Å²) in [4.78, 5) is 0. The molecule has 3 aliphatic rings. The zero-order valence-electron chi connectivity index (χ0n) is 14.9. The zero-order chi connectivity index (χ0) is 15.8. The van der Waals surface area contributed by atoms with Crippen LogP contribution < -0.4 is 24.8 Å². The normalized spacial score (nSPS) is 24.4. The summed E-state index contributed by atoms with van der Waals surface area (Å²) in [5.41, 5.74) is 3.24. The van der Waals surface area contributed by atoms with E-state index in [4.69, 9.17) is 0 Å². The van der Waals surface area contributed by atoms with Gasteiger partial charge in [-0.05, 0) is 0 Å². The molecule has 1 atom stereocenters. The van der Waals surface area contributed by atoms with Crippen LogP contribution >= 0.6 is 0 Å². The fraction of sp³-hybridized carbons (Fsp3) is 0.429. The Morgan fingerprint density at radius 2 is 1.96 bits per heavy atom. The van der Waals surface area contributed by atoms with E-state index >= 15 is 0 Å². The molecule has 0 aromatic heterocycles. The van der Waals surface area contributed by atoms with Crippen molar-refractivity contribution in [2.75, 3.05) is 0 Å². The Labute approximate surface area is 175 Å². The van der Waals surface area contributed by atoms with E-state index < -0.39 is 8.07 Å². The Hall–Kier alpha value is -0.0488. The van der Waals surface area contributed by atoms with Gasteiger partial charge < -0.3 is 24.8 Å². The van der Waals surface area contributed by atoms with Crippen LogP contribution in [0.4, 0.5) is 0 Å². The molecule has 1 aromatic carbocycles. The van der Waals surface area contributed by atoms with Crippen molar-refractivity contribution in [2.45, 2.75) is 54.1 Å². The van der Waals surface area contributed by atoms with Gasteiger partial charge in [0.1, 0.15) is 0 Å². The third-order valence-electron chi connectivity index (χ3n) is 6.18. The number of halogens is 2. The van der Waals surface area contributed by atoms with Crippen LogP contribution in [0.25, 0.3) is 6.08 Å². The predicted molar refractivity (Wildman–Crippen MR) is 98.7 cm³/mol. The van der Waals surface area contributed by atoms with Crippen molar-refractivity contribution < 1.29 is 44.0 Å². The summed E-state index contributed by atoms with van der Waals surface area (Å²) >= 11 is -0.115. The number of hydrogen-bond acceptors (Lipinski definition) is 0. The van der Waals surface area contributed by atoms with E-state index in [1.54, 1.807) is 27.6 Å². The minimum Gasteiger partial charge on any atom is -1.00 e. The van der Waals surface area contributed by atoms with Gasteiger partial charge in [-0.2, -0.15) is 0 Å². The summed E-state index contributed by atoms with van der Waals surface area (Å²) in [7, 11) is -1.20. The molecule has 1 aliphatic heterocycles. The summed E-state index contributed by atoms with van der Waals surface area (Å²) < 4.78 is 2.29. The maximum atomic E-state index is 2.71. The van der Waals surface area contributed by atoms with Gasteiger partial charge in [0.25, 0.3) is 0 Å². The summed E-state index contributed by atoms with van der Waals surface area (Å²) in [5, 5.41) is 0. The molecule has 4 rings (SSSR count). The topological polar surface area (TPSA) is 0 Å². The summed E-state index contributed by atoms with van der Waals surface area (Å²) in [6.07, 6.45) is 17.8. The van der Waals surface area contributed by atoms with Crippen molar-refractivity contribution in [1.82, 2.24) is 0 Å². The number of unbranched alkanes of at least 4 members (excludes halogenated alkanes) is 1. The molecule has 1 fully saturated rings. The first-order valence-electron chi connectivity index (χ1n) is 9.22. The predicted octanol–water partition coefficient (Wildman–Crippen LogP) is 0.0348. The second kappa shape index (κ2) is 8.76. The largest absolute Gasteiger partial charge is 1.00 e. The van der Waals surface area contributed by atoms with Crippen molar-refractivity contribution in [3.05, 3.63) is 63.6 Å². The third-order valence-corrected chi connectivity index (χ3v) is 17.6. The number of benzene rings is 1.